The fourth-order valence-corrected chi connectivity index (χ4v) is 6.63. The summed E-state index contributed by atoms with van der Waals surface area (Å²) >= 11 is 0. The van der Waals surface area contributed by atoms with Crippen LogP contribution in [0.15, 0.2) is 35.2 Å². The normalized spacial score (nSPS) is 15.6. The van der Waals surface area contributed by atoms with E-state index in [1.807, 2.05) is 0 Å². The lowest BCUT2D eigenvalue weighted by molar-refractivity contribution is -0.0475. The third-order valence-electron chi connectivity index (χ3n) is 3.18. The highest BCUT2D eigenvalue weighted by molar-refractivity contribution is 8.09. The van der Waals surface area contributed by atoms with Crippen LogP contribution in [-0.2, 0) is 34.0 Å². The molecule has 0 fully saturated rings. The minimum atomic E-state index is -6.88. The van der Waals surface area contributed by atoms with E-state index in [0.29, 0.717) is 6.92 Å². The third kappa shape index (κ3) is 5.15. The smallest absolute Gasteiger partial charge is 0.263 e. The minimum Gasteiger partial charge on any atom is -0.263 e. The zero-order valence-corrected chi connectivity index (χ0v) is 16.0. The maximum atomic E-state index is 12.7. The lowest BCUT2D eigenvalue weighted by atomic mass is 10.3. The molecule has 7 nitrogen and oxygen atoms in total. The molecule has 0 saturated heterocycles. The van der Waals surface area contributed by atoms with Crippen LogP contribution in [-0.4, -0.2) is 47.0 Å². The van der Waals surface area contributed by atoms with Crippen molar-refractivity contribution in [2.24, 2.45) is 0 Å². The molecule has 0 aromatic heterocycles. The van der Waals surface area contributed by atoms with Gasteiger partial charge in [0.15, 0.2) is 4.58 Å². The van der Waals surface area contributed by atoms with Crippen LogP contribution in [0.25, 0.3) is 0 Å². The van der Waals surface area contributed by atoms with Gasteiger partial charge in [0.1, 0.15) is 0 Å². The Bertz CT molecular complexity index is 952. The molecule has 0 bridgehead atoms. The molecule has 0 saturated carbocycles. The van der Waals surface area contributed by atoms with Crippen molar-refractivity contribution >= 4 is 29.8 Å². The van der Waals surface area contributed by atoms with Gasteiger partial charge in [-0.1, -0.05) is 18.2 Å². The Morgan fingerprint density at radius 1 is 0.821 bits per heavy atom. The highest BCUT2D eigenvalue weighted by Gasteiger charge is 2.63. The number of alkyl halides is 6. The highest BCUT2D eigenvalue weighted by Crippen LogP contribution is 2.38. The van der Waals surface area contributed by atoms with Crippen molar-refractivity contribution in [1.29, 1.82) is 0 Å². The lowest BCUT2D eigenvalue weighted by Crippen LogP contribution is -2.46. The van der Waals surface area contributed by atoms with Gasteiger partial charge >= 0.3 is 11.0 Å². The monoisotopic (exact) mass is 478 g/mol. The molecular weight excluding hydrogens is 466 g/mol. The first-order chi connectivity index (χ1) is 12.3. The van der Waals surface area contributed by atoms with Crippen molar-refractivity contribution < 1.29 is 55.8 Å². The number of hydrogen-bond donors (Lipinski definition) is 0. The molecule has 1 aromatic rings. The first-order valence-electron chi connectivity index (χ1n) is 6.92. The molecule has 28 heavy (non-hydrogen) atoms. The molecule has 0 spiro atoms. The summed E-state index contributed by atoms with van der Waals surface area (Å²) in [7, 11) is -18.5. The van der Waals surface area contributed by atoms with Crippen molar-refractivity contribution in [2.75, 3.05) is 0 Å². The average molecular weight is 478 g/mol. The summed E-state index contributed by atoms with van der Waals surface area (Å²) in [6.07, 6.45) is -4.10. The van der Waals surface area contributed by atoms with Gasteiger partial charge in [-0.2, -0.15) is 34.8 Å². The molecule has 1 aromatic carbocycles. The predicted octanol–water partition coefficient (Wildman–Crippen LogP) is 2.37. The Kier molecular flexibility index (Phi) is 6.86. The highest BCUT2D eigenvalue weighted by atomic mass is 32.3. The van der Waals surface area contributed by atoms with Gasteiger partial charge in [-0.3, -0.25) is 4.18 Å². The summed E-state index contributed by atoms with van der Waals surface area (Å²) in [4.78, 5) is -0.532. The van der Waals surface area contributed by atoms with Crippen LogP contribution in [0.4, 0.5) is 26.3 Å². The quantitative estimate of drug-likeness (QED) is 0.437. The van der Waals surface area contributed by atoms with Gasteiger partial charge < -0.3 is 0 Å². The van der Waals surface area contributed by atoms with Gasteiger partial charge in [0.25, 0.3) is 29.8 Å². The molecule has 0 N–H and O–H groups in total. The lowest BCUT2D eigenvalue weighted by Gasteiger charge is -2.23. The third-order valence-corrected chi connectivity index (χ3v) is 9.20. The van der Waals surface area contributed by atoms with Gasteiger partial charge in [-0.05, 0) is 19.1 Å². The summed E-state index contributed by atoms with van der Waals surface area (Å²) in [5, 5.41) is 0. The first-order valence-corrected chi connectivity index (χ1v) is 11.4. The van der Waals surface area contributed by atoms with Crippen molar-refractivity contribution in [1.82, 2.24) is 0 Å². The molecule has 0 aliphatic heterocycles. The molecule has 0 radical (unpaired) electrons. The molecule has 0 amide bonds. The Morgan fingerprint density at radius 3 is 1.57 bits per heavy atom. The SMILES string of the molecule is CC(CC(S(=O)(=O)C(F)(F)F)S(=O)(=O)C(F)(F)F)OS(=O)(=O)c1ccccc1. The predicted molar refractivity (Wildman–Crippen MR) is 82.5 cm³/mol. The largest absolute Gasteiger partial charge is 0.498 e. The van der Waals surface area contributed by atoms with Crippen molar-refractivity contribution in [2.45, 2.75) is 39.9 Å². The van der Waals surface area contributed by atoms with Crippen LogP contribution in [0.2, 0.25) is 0 Å². The zero-order chi connectivity index (χ0) is 22.2. The van der Waals surface area contributed by atoms with Gasteiger partial charge in [0.2, 0.25) is 0 Å². The maximum absolute atomic E-state index is 12.7. The second-order valence-corrected chi connectivity index (χ2v) is 11.4. The molecule has 1 unspecified atom stereocenters. The van der Waals surface area contributed by atoms with E-state index in [9.17, 15) is 51.6 Å². The first kappa shape index (κ1) is 24.6. The van der Waals surface area contributed by atoms with Gasteiger partial charge in [0, 0.05) is 6.42 Å². The summed E-state index contributed by atoms with van der Waals surface area (Å²) < 4.78 is 146. The number of hydrogen-bond acceptors (Lipinski definition) is 7. The van der Waals surface area contributed by atoms with Crippen LogP contribution in [0, 0.1) is 0 Å². The average Bonchev–Trinajstić information content (AvgIpc) is 2.50. The minimum absolute atomic E-state index is 0.532. The van der Waals surface area contributed by atoms with E-state index < -0.39 is 62.8 Å². The second kappa shape index (κ2) is 7.79. The van der Waals surface area contributed by atoms with E-state index in [1.165, 1.54) is 18.2 Å². The van der Waals surface area contributed by atoms with Gasteiger partial charge in [-0.25, -0.2) is 16.8 Å². The van der Waals surface area contributed by atoms with E-state index in [0.717, 1.165) is 12.1 Å². The van der Waals surface area contributed by atoms with E-state index in [1.54, 1.807) is 0 Å². The van der Waals surface area contributed by atoms with E-state index in [4.69, 9.17) is 0 Å². The van der Waals surface area contributed by atoms with Crippen LogP contribution >= 0.6 is 0 Å². The molecule has 1 rings (SSSR count). The van der Waals surface area contributed by atoms with Crippen LogP contribution < -0.4 is 0 Å². The molecule has 16 heteroatoms. The van der Waals surface area contributed by atoms with E-state index >= 15 is 0 Å². The fraction of sp³-hybridized carbons (Fsp3) is 0.500. The topological polar surface area (TPSA) is 112 Å². The Labute approximate surface area is 156 Å². The Hall–Kier alpha value is -1.39. The van der Waals surface area contributed by atoms with Crippen molar-refractivity contribution in [3.63, 3.8) is 0 Å². The van der Waals surface area contributed by atoms with Crippen LogP contribution in [0.5, 0.6) is 0 Å². The molecule has 1 atom stereocenters. The summed E-state index contributed by atoms with van der Waals surface area (Å²) in [6.45, 7) is 0.616. The standard InChI is InChI=1S/C12H12F6O7S3/c1-8(25-28(23,24)9-5-3-2-4-6-9)7-10(26(19,20)11(13,14)15)27(21,22)12(16,17)18/h2-6,8,10H,7H2,1H3. The summed E-state index contributed by atoms with van der Waals surface area (Å²) in [6, 6.07) is 5.82. The Morgan fingerprint density at radius 2 is 1.21 bits per heavy atom. The number of benzene rings is 1. The summed E-state index contributed by atoms with van der Waals surface area (Å²) in [5.41, 5.74) is -12.7. The van der Waals surface area contributed by atoms with Crippen LogP contribution in [0.3, 0.4) is 0 Å². The Balaban J connectivity index is 3.32. The maximum Gasteiger partial charge on any atom is 0.498 e. The molecule has 162 valence electrons. The van der Waals surface area contributed by atoms with Gasteiger partial charge in [-0.15, -0.1) is 0 Å². The number of sulfone groups is 2. The number of rotatable bonds is 7. The molecule has 0 aliphatic carbocycles. The second-order valence-electron chi connectivity index (χ2n) is 5.32. The van der Waals surface area contributed by atoms with E-state index in [-0.39, 0.29) is 0 Å². The van der Waals surface area contributed by atoms with Crippen molar-refractivity contribution in [3.8, 4) is 0 Å². The van der Waals surface area contributed by atoms with Gasteiger partial charge in [0.05, 0.1) is 11.0 Å². The van der Waals surface area contributed by atoms with Crippen LogP contribution in [0.1, 0.15) is 13.3 Å². The number of halogens is 6. The fourth-order valence-electron chi connectivity index (χ4n) is 1.89. The summed E-state index contributed by atoms with van der Waals surface area (Å²) in [5.74, 6) is 0. The van der Waals surface area contributed by atoms with E-state index in [2.05, 4.69) is 4.18 Å². The zero-order valence-electron chi connectivity index (χ0n) is 13.6. The molecule has 0 aliphatic rings. The molecular formula is C12H12F6O7S3. The van der Waals surface area contributed by atoms with Crippen molar-refractivity contribution in [3.05, 3.63) is 30.3 Å². The molecule has 0 heterocycles.